The molecule has 1 saturated carbocycles. The van der Waals surface area contributed by atoms with Crippen LogP contribution in [-0.4, -0.2) is 33.3 Å². The number of phenolic OH excluding ortho intramolecular Hbond substituents is 1. The number of fused-ring (bicyclic) bond motifs is 1. The Kier molecular flexibility index (Phi) is 5.90. The first-order valence-electron chi connectivity index (χ1n) is 10.4. The molecule has 1 amide bonds. The Labute approximate surface area is 182 Å². The summed E-state index contributed by atoms with van der Waals surface area (Å²) >= 11 is 0. The molecular weight excluding hydrogens is 421 g/mol. The summed E-state index contributed by atoms with van der Waals surface area (Å²) in [4.78, 5) is 11.6. The second-order valence-corrected chi connectivity index (χ2v) is 8.01. The van der Waals surface area contributed by atoms with Gasteiger partial charge in [0.1, 0.15) is 11.4 Å². The minimum Gasteiger partial charge on any atom is -0.507 e. The average Bonchev–Trinajstić information content (AvgIpc) is 2.74. The van der Waals surface area contributed by atoms with Gasteiger partial charge in [-0.3, -0.25) is 4.79 Å². The number of hydrogen-bond acceptors (Lipinski definition) is 5. The maximum atomic E-state index is 13.0. The number of alkyl halides is 3. The third-order valence-corrected chi connectivity index (χ3v) is 5.74. The fraction of sp³-hybridized carbons (Fsp3) is 0.348. The molecule has 1 aromatic heterocycles. The van der Waals surface area contributed by atoms with E-state index in [-0.39, 0.29) is 23.6 Å². The van der Waals surface area contributed by atoms with Crippen molar-refractivity contribution in [1.82, 2.24) is 15.5 Å². The van der Waals surface area contributed by atoms with Crippen LogP contribution in [0.2, 0.25) is 0 Å². The van der Waals surface area contributed by atoms with Gasteiger partial charge < -0.3 is 15.7 Å². The molecule has 3 N–H and O–H groups in total. The van der Waals surface area contributed by atoms with E-state index in [0.29, 0.717) is 23.0 Å². The Morgan fingerprint density at radius 2 is 1.72 bits per heavy atom. The van der Waals surface area contributed by atoms with Crippen molar-refractivity contribution in [2.45, 2.75) is 50.9 Å². The highest BCUT2D eigenvalue weighted by atomic mass is 19.4. The van der Waals surface area contributed by atoms with Crippen molar-refractivity contribution in [2.24, 2.45) is 0 Å². The van der Waals surface area contributed by atoms with Crippen molar-refractivity contribution < 1.29 is 23.1 Å². The van der Waals surface area contributed by atoms with Crippen molar-refractivity contribution in [2.75, 3.05) is 5.32 Å². The van der Waals surface area contributed by atoms with Crippen LogP contribution in [0.25, 0.3) is 22.0 Å². The number of benzene rings is 2. The monoisotopic (exact) mass is 444 g/mol. The molecule has 3 aromatic rings. The fourth-order valence-corrected chi connectivity index (χ4v) is 4.23. The van der Waals surface area contributed by atoms with Gasteiger partial charge in [-0.2, -0.15) is 13.2 Å². The van der Waals surface area contributed by atoms with Crippen molar-refractivity contribution in [3.8, 4) is 17.0 Å². The van der Waals surface area contributed by atoms with Crippen LogP contribution < -0.4 is 10.6 Å². The van der Waals surface area contributed by atoms with E-state index in [1.165, 1.54) is 13.0 Å². The maximum Gasteiger partial charge on any atom is 0.416 e. The van der Waals surface area contributed by atoms with Gasteiger partial charge >= 0.3 is 6.18 Å². The van der Waals surface area contributed by atoms with Gasteiger partial charge in [0.15, 0.2) is 5.82 Å². The molecular formula is C23H23F3N4O2. The lowest BCUT2D eigenvalue weighted by Crippen LogP contribution is -2.48. The minimum absolute atomic E-state index is 0.0179. The Balaban J connectivity index is 1.72. The van der Waals surface area contributed by atoms with Crippen LogP contribution in [0.15, 0.2) is 42.5 Å². The van der Waals surface area contributed by atoms with Crippen LogP contribution >= 0.6 is 0 Å². The van der Waals surface area contributed by atoms with Crippen molar-refractivity contribution in [1.29, 1.82) is 0 Å². The maximum absolute atomic E-state index is 13.0. The quantitative estimate of drug-likeness (QED) is 0.534. The molecule has 168 valence electrons. The number of anilines is 1. The number of aromatic hydroxyl groups is 1. The van der Waals surface area contributed by atoms with E-state index in [1.54, 1.807) is 12.1 Å². The molecule has 2 atom stereocenters. The minimum atomic E-state index is -4.55. The topological polar surface area (TPSA) is 87.1 Å². The molecule has 0 bridgehead atoms. The summed E-state index contributed by atoms with van der Waals surface area (Å²) < 4.78 is 38.9. The lowest BCUT2D eigenvalue weighted by Gasteiger charge is -2.33. The highest BCUT2D eigenvalue weighted by molar-refractivity contribution is 6.01. The number of phenols is 1. The van der Waals surface area contributed by atoms with Gasteiger partial charge in [-0.15, -0.1) is 10.2 Å². The first-order chi connectivity index (χ1) is 15.2. The molecule has 2 aromatic carbocycles. The number of carbonyl (C=O) groups is 1. The summed E-state index contributed by atoms with van der Waals surface area (Å²) in [5.74, 6) is -0.0798. The van der Waals surface area contributed by atoms with Gasteiger partial charge in [0.25, 0.3) is 0 Å². The number of halogens is 3. The van der Waals surface area contributed by atoms with Crippen LogP contribution in [0.1, 0.15) is 38.2 Å². The van der Waals surface area contributed by atoms with Gasteiger partial charge in [0.2, 0.25) is 5.91 Å². The molecule has 0 spiro atoms. The van der Waals surface area contributed by atoms with Crippen LogP contribution in [0.3, 0.4) is 0 Å². The first-order valence-corrected chi connectivity index (χ1v) is 10.4. The number of hydrogen-bond donors (Lipinski definition) is 3. The fourth-order valence-electron chi connectivity index (χ4n) is 4.23. The van der Waals surface area contributed by atoms with Crippen molar-refractivity contribution in [3.05, 3.63) is 48.0 Å². The molecule has 6 nitrogen and oxygen atoms in total. The van der Waals surface area contributed by atoms with Crippen LogP contribution in [0.4, 0.5) is 19.0 Å². The molecule has 1 aliphatic carbocycles. The van der Waals surface area contributed by atoms with E-state index in [1.807, 2.05) is 12.1 Å². The predicted octanol–water partition coefficient (Wildman–Crippen LogP) is 4.88. The molecule has 1 heterocycles. The Morgan fingerprint density at radius 3 is 2.38 bits per heavy atom. The molecule has 1 aliphatic rings. The Bertz CT molecular complexity index is 1150. The summed E-state index contributed by atoms with van der Waals surface area (Å²) in [7, 11) is 0. The molecule has 32 heavy (non-hydrogen) atoms. The third-order valence-electron chi connectivity index (χ3n) is 5.74. The molecule has 1 fully saturated rings. The molecule has 0 unspecified atom stereocenters. The SMILES string of the molecule is CC(=O)N[C@@H]1CCCC[C@H]1Nc1nnc(-c2ccc(C(F)(F)F)cc2O)c2ccccc12. The molecule has 0 saturated heterocycles. The Hall–Kier alpha value is -3.36. The van der Waals surface area contributed by atoms with Crippen LogP contribution in [-0.2, 0) is 11.0 Å². The van der Waals surface area contributed by atoms with E-state index >= 15 is 0 Å². The van der Waals surface area contributed by atoms with Crippen LogP contribution in [0, 0.1) is 0 Å². The highest BCUT2D eigenvalue weighted by Gasteiger charge is 2.31. The summed E-state index contributed by atoms with van der Waals surface area (Å²) in [5.41, 5.74) is -0.475. The van der Waals surface area contributed by atoms with Gasteiger partial charge in [-0.1, -0.05) is 37.1 Å². The second-order valence-electron chi connectivity index (χ2n) is 8.01. The van der Waals surface area contributed by atoms with Gasteiger partial charge in [-0.05, 0) is 31.0 Å². The molecule has 0 aliphatic heterocycles. The number of aromatic nitrogens is 2. The number of amides is 1. The first kappa shape index (κ1) is 21.9. The van der Waals surface area contributed by atoms with Gasteiger partial charge in [0, 0.05) is 35.3 Å². The van der Waals surface area contributed by atoms with Crippen molar-refractivity contribution >= 4 is 22.5 Å². The van der Waals surface area contributed by atoms with E-state index in [2.05, 4.69) is 20.8 Å². The van der Waals surface area contributed by atoms with E-state index in [9.17, 15) is 23.1 Å². The summed E-state index contributed by atoms with van der Waals surface area (Å²) in [6, 6.07) is 10.0. The average molecular weight is 444 g/mol. The lowest BCUT2D eigenvalue weighted by atomic mass is 9.90. The summed E-state index contributed by atoms with van der Waals surface area (Å²) in [6.07, 6.45) is -0.775. The zero-order valence-corrected chi connectivity index (χ0v) is 17.4. The number of rotatable bonds is 4. The van der Waals surface area contributed by atoms with Gasteiger partial charge in [0.05, 0.1) is 5.56 Å². The highest BCUT2D eigenvalue weighted by Crippen LogP contribution is 2.39. The van der Waals surface area contributed by atoms with E-state index in [0.717, 1.165) is 37.1 Å². The normalized spacial score (nSPS) is 19.0. The number of nitrogens with one attached hydrogen (secondary N) is 2. The summed E-state index contributed by atoms with van der Waals surface area (Å²) in [5, 5.41) is 26.6. The zero-order valence-electron chi connectivity index (χ0n) is 17.4. The van der Waals surface area contributed by atoms with E-state index < -0.39 is 17.5 Å². The van der Waals surface area contributed by atoms with E-state index in [4.69, 9.17) is 0 Å². The molecule has 0 radical (unpaired) electrons. The smallest absolute Gasteiger partial charge is 0.416 e. The van der Waals surface area contributed by atoms with Crippen molar-refractivity contribution in [3.63, 3.8) is 0 Å². The number of carbonyl (C=O) groups excluding carboxylic acids is 1. The molecule has 4 rings (SSSR count). The number of nitrogens with zero attached hydrogens (tertiary/aromatic N) is 2. The van der Waals surface area contributed by atoms with Crippen LogP contribution in [0.5, 0.6) is 5.75 Å². The molecule has 9 heteroatoms. The lowest BCUT2D eigenvalue weighted by molar-refractivity contribution is -0.137. The Morgan fingerprint density at radius 1 is 1.03 bits per heavy atom. The van der Waals surface area contributed by atoms with Gasteiger partial charge in [-0.25, -0.2) is 0 Å². The standard InChI is InChI=1S/C23H23F3N4O2/c1-13(31)27-18-8-4-5-9-19(18)28-22-16-7-3-2-6-15(16)21(29-30-22)17-11-10-14(12-20(17)32)23(24,25)26/h2-3,6-7,10-12,18-19,32H,4-5,8-9H2,1H3,(H,27,31)(H,28,30)/t18-,19-/m1/s1. The third kappa shape index (κ3) is 4.46. The summed E-state index contributed by atoms with van der Waals surface area (Å²) in [6.45, 7) is 1.49. The predicted molar refractivity (Wildman–Crippen MR) is 115 cm³/mol. The largest absolute Gasteiger partial charge is 0.507 e. The second kappa shape index (κ2) is 8.64. The zero-order chi connectivity index (χ0) is 22.9.